The third-order valence-electron chi connectivity index (χ3n) is 4.80. The van der Waals surface area contributed by atoms with Crippen LogP contribution in [0.15, 0.2) is 24.3 Å². The van der Waals surface area contributed by atoms with Gasteiger partial charge >= 0.3 is 6.03 Å². The molecular formula is C19H26N4O5. The van der Waals surface area contributed by atoms with Gasteiger partial charge < -0.3 is 20.3 Å². The van der Waals surface area contributed by atoms with Gasteiger partial charge in [-0.05, 0) is 37.5 Å². The Bertz CT molecular complexity index is 764. The van der Waals surface area contributed by atoms with E-state index in [9.17, 15) is 19.2 Å². The SMILES string of the molecule is CNC(=O)CN(C)C(=O)CN1C(=O)N[C@](C)(CCc2ccc(OC)cc2)C1=O. The first-order valence-electron chi connectivity index (χ1n) is 8.91. The highest BCUT2D eigenvalue weighted by Crippen LogP contribution is 2.24. The molecule has 1 aromatic carbocycles. The Morgan fingerprint density at radius 3 is 2.46 bits per heavy atom. The summed E-state index contributed by atoms with van der Waals surface area (Å²) in [5.74, 6) is -0.539. The number of carbonyl (C=O) groups excluding carboxylic acids is 4. The van der Waals surface area contributed by atoms with Crippen molar-refractivity contribution in [3.05, 3.63) is 29.8 Å². The number of hydrogen-bond donors (Lipinski definition) is 2. The van der Waals surface area contributed by atoms with Crippen molar-refractivity contribution in [3.63, 3.8) is 0 Å². The summed E-state index contributed by atoms with van der Waals surface area (Å²) in [5, 5.41) is 5.10. The Labute approximate surface area is 164 Å². The first kappa shape index (κ1) is 21.2. The van der Waals surface area contributed by atoms with Crippen LogP contribution in [-0.4, -0.2) is 73.4 Å². The van der Waals surface area contributed by atoms with Gasteiger partial charge in [-0.25, -0.2) is 4.79 Å². The average molecular weight is 390 g/mol. The molecule has 1 aliphatic heterocycles. The summed E-state index contributed by atoms with van der Waals surface area (Å²) in [4.78, 5) is 50.7. The number of rotatable bonds is 8. The van der Waals surface area contributed by atoms with E-state index >= 15 is 0 Å². The minimum Gasteiger partial charge on any atom is -0.497 e. The molecule has 0 aliphatic carbocycles. The first-order valence-corrected chi connectivity index (χ1v) is 8.91. The summed E-state index contributed by atoms with van der Waals surface area (Å²) >= 11 is 0. The summed E-state index contributed by atoms with van der Waals surface area (Å²) in [6.45, 7) is 1.10. The van der Waals surface area contributed by atoms with E-state index < -0.39 is 29.9 Å². The number of hydrogen-bond acceptors (Lipinski definition) is 5. The molecule has 1 atom stereocenters. The fourth-order valence-corrected chi connectivity index (χ4v) is 2.89. The predicted octanol–water partition coefficient (Wildman–Crippen LogP) is 0.143. The Morgan fingerprint density at radius 2 is 1.89 bits per heavy atom. The lowest BCUT2D eigenvalue weighted by Crippen LogP contribution is -2.46. The van der Waals surface area contributed by atoms with Crippen LogP contribution in [0, 0.1) is 0 Å². The number of carbonyl (C=O) groups is 4. The van der Waals surface area contributed by atoms with Gasteiger partial charge in [-0.3, -0.25) is 19.3 Å². The number of ether oxygens (including phenoxy) is 1. The number of imide groups is 1. The molecule has 0 saturated carbocycles. The van der Waals surface area contributed by atoms with Crippen LogP contribution in [0.3, 0.4) is 0 Å². The predicted molar refractivity (Wildman–Crippen MR) is 102 cm³/mol. The molecule has 9 heteroatoms. The van der Waals surface area contributed by atoms with Crippen molar-refractivity contribution in [2.75, 3.05) is 34.3 Å². The van der Waals surface area contributed by atoms with Crippen molar-refractivity contribution in [2.24, 2.45) is 0 Å². The molecular weight excluding hydrogens is 364 g/mol. The number of aryl methyl sites for hydroxylation is 1. The molecule has 1 aromatic rings. The maximum atomic E-state index is 12.8. The normalized spacial score (nSPS) is 18.6. The third-order valence-corrected chi connectivity index (χ3v) is 4.80. The second-order valence-electron chi connectivity index (χ2n) is 6.92. The van der Waals surface area contributed by atoms with Crippen LogP contribution in [0.2, 0.25) is 0 Å². The second-order valence-corrected chi connectivity index (χ2v) is 6.92. The largest absolute Gasteiger partial charge is 0.497 e. The maximum absolute atomic E-state index is 12.8. The van der Waals surface area contributed by atoms with Crippen molar-refractivity contribution >= 4 is 23.8 Å². The molecule has 0 aromatic heterocycles. The number of likely N-dealkylation sites (N-methyl/N-ethyl adjacent to an activating group) is 2. The van der Waals surface area contributed by atoms with Crippen LogP contribution in [0.1, 0.15) is 18.9 Å². The van der Waals surface area contributed by atoms with E-state index in [-0.39, 0.29) is 12.5 Å². The molecule has 1 saturated heterocycles. The van der Waals surface area contributed by atoms with Crippen molar-refractivity contribution in [1.82, 2.24) is 20.4 Å². The Kier molecular flexibility index (Phi) is 6.61. The van der Waals surface area contributed by atoms with Crippen LogP contribution in [0.5, 0.6) is 5.75 Å². The highest BCUT2D eigenvalue weighted by atomic mass is 16.5. The maximum Gasteiger partial charge on any atom is 0.325 e. The minimum absolute atomic E-state index is 0.145. The number of nitrogens with zero attached hydrogens (tertiary/aromatic N) is 2. The van der Waals surface area contributed by atoms with E-state index in [4.69, 9.17) is 4.74 Å². The topological polar surface area (TPSA) is 108 Å². The molecule has 2 N–H and O–H groups in total. The van der Waals surface area contributed by atoms with Crippen molar-refractivity contribution in [2.45, 2.75) is 25.3 Å². The molecule has 0 bridgehead atoms. The average Bonchev–Trinajstić information content (AvgIpc) is 2.89. The number of amides is 5. The van der Waals surface area contributed by atoms with Gasteiger partial charge in [-0.15, -0.1) is 0 Å². The molecule has 28 heavy (non-hydrogen) atoms. The number of methoxy groups -OCH3 is 1. The molecule has 2 rings (SSSR count). The standard InChI is InChI=1S/C19H26N4O5/c1-19(10-9-13-5-7-14(28-4)8-6-13)17(26)23(18(27)21-19)12-16(25)22(3)11-15(24)20-2/h5-8H,9-12H2,1-4H3,(H,20,24)(H,21,27)/t19-/m1/s1. The highest BCUT2D eigenvalue weighted by molar-refractivity contribution is 6.08. The molecule has 1 aliphatic rings. The smallest absolute Gasteiger partial charge is 0.325 e. The monoisotopic (exact) mass is 390 g/mol. The number of nitrogens with one attached hydrogen (secondary N) is 2. The van der Waals surface area contributed by atoms with E-state index in [1.165, 1.54) is 19.0 Å². The second kappa shape index (κ2) is 8.73. The summed E-state index contributed by atoms with van der Waals surface area (Å²) in [7, 11) is 4.50. The minimum atomic E-state index is -1.09. The van der Waals surface area contributed by atoms with Gasteiger partial charge in [0.1, 0.15) is 17.8 Å². The zero-order valence-electron chi connectivity index (χ0n) is 16.6. The third kappa shape index (κ3) is 4.79. The lowest BCUT2D eigenvalue weighted by Gasteiger charge is -2.22. The van der Waals surface area contributed by atoms with Crippen molar-refractivity contribution in [1.29, 1.82) is 0 Å². The van der Waals surface area contributed by atoms with E-state index in [0.717, 1.165) is 16.2 Å². The number of benzene rings is 1. The fourth-order valence-electron chi connectivity index (χ4n) is 2.89. The summed E-state index contributed by atoms with van der Waals surface area (Å²) in [6.07, 6.45) is 0.966. The fraction of sp³-hybridized carbons (Fsp3) is 0.474. The molecule has 152 valence electrons. The zero-order chi connectivity index (χ0) is 20.9. The Balaban J connectivity index is 1.98. The van der Waals surface area contributed by atoms with Crippen molar-refractivity contribution in [3.8, 4) is 5.75 Å². The molecule has 0 radical (unpaired) electrons. The molecule has 9 nitrogen and oxygen atoms in total. The van der Waals surface area contributed by atoms with E-state index in [1.807, 2.05) is 24.3 Å². The lowest BCUT2D eigenvalue weighted by atomic mass is 9.93. The van der Waals surface area contributed by atoms with Gasteiger partial charge in [0.15, 0.2) is 0 Å². The van der Waals surface area contributed by atoms with Crippen molar-refractivity contribution < 1.29 is 23.9 Å². The highest BCUT2D eigenvalue weighted by Gasteiger charge is 2.48. The van der Waals surface area contributed by atoms with Gasteiger partial charge in [-0.1, -0.05) is 12.1 Å². The summed E-state index contributed by atoms with van der Waals surface area (Å²) in [5.41, 5.74) is -0.0830. The van der Waals surface area contributed by atoms with Crippen LogP contribution >= 0.6 is 0 Å². The van der Waals surface area contributed by atoms with Crippen LogP contribution in [0.4, 0.5) is 4.79 Å². The van der Waals surface area contributed by atoms with Gasteiger partial charge in [0, 0.05) is 14.1 Å². The van der Waals surface area contributed by atoms with Crippen LogP contribution in [-0.2, 0) is 20.8 Å². The van der Waals surface area contributed by atoms with Crippen LogP contribution in [0.25, 0.3) is 0 Å². The Hall–Kier alpha value is -3.10. The molecule has 1 heterocycles. The van der Waals surface area contributed by atoms with Gasteiger partial charge in [0.05, 0.1) is 13.7 Å². The number of urea groups is 1. The van der Waals surface area contributed by atoms with Gasteiger partial charge in [0.25, 0.3) is 5.91 Å². The summed E-state index contributed by atoms with van der Waals surface area (Å²) in [6, 6.07) is 6.86. The van der Waals surface area contributed by atoms with Crippen LogP contribution < -0.4 is 15.4 Å². The lowest BCUT2D eigenvalue weighted by molar-refractivity contribution is -0.139. The van der Waals surface area contributed by atoms with E-state index in [0.29, 0.717) is 12.8 Å². The zero-order valence-corrected chi connectivity index (χ0v) is 16.6. The van der Waals surface area contributed by atoms with Gasteiger partial charge in [0.2, 0.25) is 11.8 Å². The quantitative estimate of drug-likeness (QED) is 0.614. The van der Waals surface area contributed by atoms with E-state index in [1.54, 1.807) is 14.0 Å². The molecule has 5 amide bonds. The first-order chi connectivity index (χ1) is 13.2. The van der Waals surface area contributed by atoms with Gasteiger partial charge in [-0.2, -0.15) is 0 Å². The van der Waals surface area contributed by atoms with E-state index in [2.05, 4.69) is 10.6 Å². The molecule has 0 unspecified atom stereocenters. The molecule has 0 spiro atoms. The summed E-state index contributed by atoms with van der Waals surface area (Å²) < 4.78 is 5.12. The Morgan fingerprint density at radius 1 is 1.25 bits per heavy atom. The molecule has 1 fully saturated rings.